The number of nitrogens with two attached hydrogens (primary N) is 1. The molecule has 102 valence electrons. The second kappa shape index (κ2) is 5.36. The molecule has 1 aromatic rings. The van der Waals surface area contributed by atoms with E-state index in [1.807, 2.05) is 6.92 Å². The maximum absolute atomic E-state index is 11.4. The molecular weight excluding hydrogens is 252 g/mol. The van der Waals surface area contributed by atoms with Crippen LogP contribution in [0.15, 0.2) is 5.16 Å². The summed E-state index contributed by atoms with van der Waals surface area (Å²) < 4.78 is 24.5. The highest BCUT2D eigenvalue weighted by Crippen LogP contribution is 2.27. The molecule has 0 radical (unpaired) electrons. The van der Waals surface area contributed by atoms with Gasteiger partial charge in [-0.25, -0.2) is 13.6 Å². The lowest BCUT2D eigenvalue weighted by atomic mass is 10.0. The van der Waals surface area contributed by atoms with E-state index in [1.165, 1.54) is 25.7 Å². The van der Waals surface area contributed by atoms with Crippen molar-refractivity contribution in [1.82, 2.24) is 14.8 Å². The van der Waals surface area contributed by atoms with Gasteiger partial charge >= 0.3 is 0 Å². The lowest BCUT2D eigenvalue weighted by Gasteiger charge is -2.11. The summed E-state index contributed by atoms with van der Waals surface area (Å²) >= 11 is 0. The van der Waals surface area contributed by atoms with Crippen LogP contribution in [0.25, 0.3) is 0 Å². The van der Waals surface area contributed by atoms with E-state index in [0.29, 0.717) is 12.5 Å². The van der Waals surface area contributed by atoms with Crippen LogP contribution in [-0.4, -0.2) is 23.2 Å². The monoisotopic (exact) mass is 272 g/mol. The Morgan fingerprint density at radius 3 is 2.56 bits per heavy atom. The standard InChI is InChI=1S/C11H20N4O2S/c1-2-7-15-10(8-9-5-3-4-6-9)13-14-11(15)18(12,16)17/h9H,2-8H2,1H3,(H2,12,16,17). The van der Waals surface area contributed by atoms with Crippen LogP contribution in [0.3, 0.4) is 0 Å². The lowest BCUT2D eigenvalue weighted by molar-refractivity contribution is 0.492. The second-order valence-electron chi connectivity index (χ2n) is 4.95. The van der Waals surface area contributed by atoms with Gasteiger partial charge in [-0.3, -0.25) is 0 Å². The zero-order valence-electron chi connectivity index (χ0n) is 10.7. The molecule has 1 aliphatic rings. The Morgan fingerprint density at radius 2 is 2.00 bits per heavy atom. The summed E-state index contributed by atoms with van der Waals surface area (Å²) in [6.45, 7) is 2.59. The molecule has 0 spiro atoms. The number of hydrogen-bond donors (Lipinski definition) is 1. The van der Waals surface area contributed by atoms with Gasteiger partial charge in [-0.1, -0.05) is 32.6 Å². The van der Waals surface area contributed by atoms with Crippen molar-refractivity contribution in [2.24, 2.45) is 11.1 Å². The van der Waals surface area contributed by atoms with Gasteiger partial charge < -0.3 is 4.57 Å². The Kier molecular flexibility index (Phi) is 4.01. The van der Waals surface area contributed by atoms with E-state index in [2.05, 4.69) is 10.2 Å². The summed E-state index contributed by atoms with van der Waals surface area (Å²) in [5.74, 6) is 1.37. The summed E-state index contributed by atoms with van der Waals surface area (Å²) in [6.07, 6.45) is 6.55. The number of rotatable bonds is 5. The van der Waals surface area contributed by atoms with Gasteiger partial charge in [0.1, 0.15) is 5.82 Å². The SMILES string of the molecule is CCCn1c(CC2CCCC2)nnc1S(N)(=O)=O. The smallest absolute Gasteiger partial charge is 0.273 e. The quantitative estimate of drug-likeness (QED) is 0.868. The van der Waals surface area contributed by atoms with Crippen LogP contribution in [-0.2, 0) is 23.0 Å². The highest BCUT2D eigenvalue weighted by atomic mass is 32.2. The Bertz CT molecular complexity index is 503. The average molecular weight is 272 g/mol. The van der Waals surface area contributed by atoms with E-state index < -0.39 is 10.0 Å². The number of nitrogens with zero attached hydrogens (tertiary/aromatic N) is 3. The predicted octanol–water partition coefficient (Wildman–Crippen LogP) is 1.07. The van der Waals surface area contributed by atoms with Crippen LogP contribution in [0, 0.1) is 5.92 Å². The third-order valence-electron chi connectivity index (χ3n) is 3.44. The van der Waals surface area contributed by atoms with Crippen LogP contribution in [0.5, 0.6) is 0 Å². The summed E-state index contributed by atoms with van der Waals surface area (Å²) in [5.41, 5.74) is 0. The zero-order valence-corrected chi connectivity index (χ0v) is 11.5. The first kappa shape index (κ1) is 13.5. The van der Waals surface area contributed by atoms with Crippen LogP contribution in [0.1, 0.15) is 44.9 Å². The molecule has 1 saturated carbocycles. The topological polar surface area (TPSA) is 90.9 Å². The van der Waals surface area contributed by atoms with Gasteiger partial charge in [0.2, 0.25) is 0 Å². The molecule has 0 unspecified atom stereocenters. The van der Waals surface area contributed by atoms with Crippen molar-refractivity contribution >= 4 is 10.0 Å². The lowest BCUT2D eigenvalue weighted by Crippen LogP contribution is -2.20. The summed E-state index contributed by atoms with van der Waals surface area (Å²) in [6, 6.07) is 0. The van der Waals surface area contributed by atoms with Crippen LogP contribution in [0.4, 0.5) is 0 Å². The molecule has 2 N–H and O–H groups in total. The van der Waals surface area contributed by atoms with Gasteiger partial charge in [-0.15, -0.1) is 10.2 Å². The number of hydrogen-bond acceptors (Lipinski definition) is 4. The van der Waals surface area contributed by atoms with Crippen molar-refractivity contribution in [2.45, 2.75) is 57.1 Å². The van der Waals surface area contributed by atoms with Crippen molar-refractivity contribution in [1.29, 1.82) is 0 Å². The third kappa shape index (κ3) is 2.89. The van der Waals surface area contributed by atoms with Gasteiger partial charge in [-0.2, -0.15) is 0 Å². The van der Waals surface area contributed by atoms with Crippen molar-refractivity contribution in [3.8, 4) is 0 Å². The van der Waals surface area contributed by atoms with Crippen molar-refractivity contribution in [3.63, 3.8) is 0 Å². The van der Waals surface area contributed by atoms with Gasteiger partial charge in [0.25, 0.3) is 15.2 Å². The van der Waals surface area contributed by atoms with Crippen molar-refractivity contribution in [3.05, 3.63) is 5.82 Å². The molecule has 6 nitrogen and oxygen atoms in total. The molecule has 0 saturated heterocycles. The normalized spacial score (nSPS) is 17.4. The molecule has 1 aliphatic carbocycles. The maximum atomic E-state index is 11.4. The van der Waals surface area contributed by atoms with E-state index in [0.717, 1.165) is 18.7 Å². The summed E-state index contributed by atoms with van der Waals surface area (Å²) in [7, 11) is -3.78. The first-order valence-corrected chi connectivity index (χ1v) is 8.02. The van der Waals surface area contributed by atoms with Crippen LogP contribution < -0.4 is 5.14 Å². The van der Waals surface area contributed by atoms with Gasteiger partial charge in [-0.05, 0) is 12.3 Å². The molecule has 2 rings (SSSR count). The number of primary sulfonamides is 1. The van der Waals surface area contributed by atoms with Crippen molar-refractivity contribution in [2.75, 3.05) is 0 Å². The maximum Gasteiger partial charge on any atom is 0.273 e. The molecule has 1 fully saturated rings. The molecule has 0 bridgehead atoms. The minimum Gasteiger partial charge on any atom is -0.301 e. The summed E-state index contributed by atoms with van der Waals surface area (Å²) in [4.78, 5) is 0. The van der Waals surface area contributed by atoms with E-state index in [-0.39, 0.29) is 5.16 Å². The van der Waals surface area contributed by atoms with E-state index in [1.54, 1.807) is 4.57 Å². The second-order valence-corrected chi connectivity index (χ2v) is 6.41. The predicted molar refractivity (Wildman–Crippen MR) is 67.3 cm³/mol. The summed E-state index contributed by atoms with van der Waals surface area (Å²) in [5, 5.41) is 12.8. The third-order valence-corrected chi connectivity index (χ3v) is 4.25. The molecule has 0 aliphatic heterocycles. The molecule has 18 heavy (non-hydrogen) atoms. The van der Waals surface area contributed by atoms with Crippen LogP contribution >= 0.6 is 0 Å². The largest absolute Gasteiger partial charge is 0.301 e. The minimum atomic E-state index is -3.78. The van der Waals surface area contributed by atoms with Gasteiger partial charge in [0, 0.05) is 13.0 Å². The molecule has 0 amide bonds. The first-order valence-electron chi connectivity index (χ1n) is 6.47. The van der Waals surface area contributed by atoms with Crippen LogP contribution in [0.2, 0.25) is 0 Å². The molecule has 0 atom stereocenters. The highest BCUT2D eigenvalue weighted by Gasteiger charge is 2.23. The first-order chi connectivity index (χ1) is 8.52. The average Bonchev–Trinajstić information content (AvgIpc) is 2.89. The fourth-order valence-corrected chi connectivity index (χ4v) is 3.26. The molecule has 1 heterocycles. The van der Waals surface area contributed by atoms with E-state index in [9.17, 15) is 8.42 Å². The Balaban J connectivity index is 2.26. The highest BCUT2D eigenvalue weighted by molar-refractivity contribution is 7.89. The Labute approximate surface area is 108 Å². The molecule has 0 aromatic carbocycles. The molecule has 7 heteroatoms. The zero-order chi connectivity index (χ0) is 13.2. The van der Waals surface area contributed by atoms with Gasteiger partial charge in [0.15, 0.2) is 0 Å². The van der Waals surface area contributed by atoms with E-state index in [4.69, 9.17) is 5.14 Å². The molecule has 1 aromatic heterocycles. The fraction of sp³-hybridized carbons (Fsp3) is 0.818. The number of sulfonamides is 1. The minimum absolute atomic E-state index is 0.0997. The van der Waals surface area contributed by atoms with Crippen molar-refractivity contribution < 1.29 is 8.42 Å². The number of aromatic nitrogens is 3. The Morgan fingerprint density at radius 1 is 1.33 bits per heavy atom. The Hall–Kier alpha value is -0.950. The van der Waals surface area contributed by atoms with Gasteiger partial charge in [0.05, 0.1) is 0 Å². The fourth-order valence-electron chi connectivity index (χ4n) is 2.60. The van der Waals surface area contributed by atoms with E-state index >= 15 is 0 Å². The molecular formula is C11H20N4O2S.